The number of anilines is 2. The van der Waals surface area contributed by atoms with Crippen LogP contribution in [0, 0.1) is 5.82 Å². The van der Waals surface area contributed by atoms with Crippen molar-refractivity contribution in [3.8, 4) is 0 Å². The first-order valence-electron chi connectivity index (χ1n) is 9.26. The molecular formula is C22H19FN2O5S2. The highest BCUT2D eigenvalue weighted by atomic mass is 32.2. The standard InChI is InChI=1S/C22H19FN2O5S2/c1-31-19-11-9-17(10-12-19)24-21(26)14-30-22(27)15-3-2-4-20(13-15)32(28,29)25-18-7-5-16(23)6-8-18/h2-13,25H,14H2,1H3,(H,24,26). The van der Waals surface area contributed by atoms with Gasteiger partial charge in [-0.05, 0) is 73.0 Å². The van der Waals surface area contributed by atoms with E-state index in [1.54, 1.807) is 23.9 Å². The fourth-order valence-electron chi connectivity index (χ4n) is 2.61. The van der Waals surface area contributed by atoms with Crippen LogP contribution < -0.4 is 10.0 Å². The minimum atomic E-state index is -4.02. The number of halogens is 1. The molecule has 0 unspecified atom stereocenters. The van der Waals surface area contributed by atoms with E-state index >= 15 is 0 Å². The maximum Gasteiger partial charge on any atom is 0.338 e. The predicted octanol–water partition coefficient (Wildman–Crippen LogP) is 4.14. The van der Waals surface area contributed by atoms with Crippen LogP contribution in [-0.2, 0) is 19.6 Å². The third-order valence-corrected chi connectivity index (χ3v) is 6.31. The minimum Gasteiger partial charge on any atom is -0.452 e. The lowest BCUT2D eigenvalue weighted by molar-refractivity contribution is -0.119. The van der Waals surface area contributed by atoms with Gasteiger partial charge in [0.05, 0.1) is 10.5 Å². The van der Waals surface area contributed by atoms with E-state index in [1.165, 1.54) is 30.3 Å². The fraction of sp³-hybridized carbons (Fsp3) is 0.0909. The van der Waals surface area contributed by atoms with Crippen molar-refractivity contribution in [1.82, 2.24) is 0 Å². The van der Waals surface area contributed by atoms with Gasteiger partial charge in [-0.2, -0.15) is 0 Å². The summed E-state index contributed by atoms with van der Waals surface area (Å²) in [4.78, 5) is 25.2. The highest BCUT2D eigenvalue weighted by Gasteiger charge is 2.18. The smallest absolute Gasteiger partial charge is 0.338 e. The van der Waals surface area contributed by atoms with E-state index < -0.39 is 34.3 Å². The number of thioether (sulfide) groups is 1. The summed E-state index contributed by atoms with van der Waals surface area (Å²) in [7, 11) is -4.02. The number of hydrogen-bond acceptors (Lipinski definition) is 6. The topological polar surface area (TPSA) is 102 Å². The van der Waals surface area contributed by atoms with Crippen LogP contribution in [0.15, 0.2) is 82.6 Å². The van der Waals surface area contributed by atoms with Gasteiger partial charge in [-0.15, -0.1) is 11.8 Å². The molecule has 0 saturated heterocycles. The molecule has 7 nitrogen and oxygen atoms in total. The van der Waals surface area contributed by atoms with Crippen molar-refractivity contribution in [2.45, 2.75) is 9.79 Å². The van der Waals surface area contributed by atoms with Gasteiger partial charge in [-0.1, -0.05) is 6.07 Å². The number of rotatable bonds is 8. The number of benzene rings is 3. The fourth-order valence-corrected chi connectivity index (χ4v) is 4.12. The highest BCUT2D eigenvalue weighted by molar-refractivity contribution is 7.98. The van der Waals surface area contributed by atoms with Crippen molar-refractivity contribution < 1.29 is 27.1 Å². The van der Waals surface area contributed by atoms with Crippen molar-refractivity contribution >= 4 is 45.0 Å². The van der Waals surface area contributed by atoms with Crippen LogP contribution in [0.1, 0.15) is 10.4 Å². The maximum atomic E-state index is 13.0. The zero-order valence-electron chi connectivity index (χ0n) is 16.9. The van der Waals surface area contributed by atoms with E-state index in [9.17, 15) is 22.4 Å². The SMILES string of the molecule is CSc1ccc(NC(=O)COC(=O)c2cccc(S(=O)(=O)Nc3ccc(F)cc3)c2)cc1. The molecule has 0 aliphatic carbocycles. The number of sulfonamides is 1. The predicted molar refractivity (Wildman–Crippen MR) is 121 cm³/mol. The lowest BCUT2D eigenvalue weighted by Gasteiger charge is -2.10. The molecule has 2 N–H and O–H groups in total. The summed E-state index contributed by atoms with van der Waals surface area (Å²) in [6.07, 6.45) is 1.94. The Morgan fingerprint density at radius 2 is 1.62 bits per heavy atom. The second kappa shape index (κ2) is 10.3. The van der Waals surface area contributed by atoms with Crippen molar-refractivity contribution in [3.05, 3.63) is 84.2 Å². The number of esters is 1. The van der Waals surface area contributed by atoms with Crippen LogP contribution in [0.3, 0.4) is 0 Å². The lowest BCUT2D eigenvalue weighted by Crippen LogP contribution is -2.21. The van der Waals surface area contributed by atoms with Crippen LogP contribution in [0.5, 0.6) is 0 Å². The second-order valence-corrected chi connectivity index (χ2v) is 9.06. The van der Waals surface area contributed by atoms with E-state index in [2.05, 4.69) is 10.0 Å². The van der Waals surface area contributed by atoms with Gasteiger partial charge in [-0.25, -0.2) is 17.6 Å². The maximum absolute atomic E-state index is 13.0. The number of hydrogen-bond donors (Lipinski definition) is 2. The summed E-state index contributed by atoms with van der Waals surface area (Å²) in [5, 5.41) is 2.61. The van der Waals surface area contributed by atoms with Gasteiger partial charge in [0.15, 0.2) is 6.61 Å². The molecule has 10 heteroatoms. The molecule has 166 valence electrons. The Hall–Kier alpha value is -3.37. The molecule has 0 bridgehead atoms. The lowest BCUT2D eigenvalue weighted by atomic mass is 10.2. The molecule has 0 saturated carbocycles. The molecule has 0 aliphatic rings. The number of nitrogens with one attached hydrogen (secondary N) is 2. The van der Waals surface area contributed by atoms with Crippen molar-refractivity contribution in [2.24, 2.45) is 0 Å². The van der Waals surface area contributed by atoms with Crippen molar-refractivity contribution in [1.29, 1.82) is 0 Å². The van der Waals surface area contributed by atoms with E-state index in [0.29, 0.717) is 5.69 Å². The second-order valence-electron chi connectivity index (χ2n) is 6.49. The van der Waals surface area contributed by atoms with Gasteiger partial charge in [0, 0.05) is 16.3 Å². The first kappa shape index (κ1) is 23.3. The van der Waals surface area contributed by atoms with E-state index in [4.69, 9.17) is 4.74 Å². The van der Waals surface area contributed by atoms with Gasteiger partial charge < -0.3 is 10.1 Å². The number of ether oxygens (including phenoxy) is 1. The highest BCUT2D eigenvalue weighted by Crippen LogP contribution is 2.19. The molecule has 3 rings (SSSR count). The number of carbonyl (C=O) groups excluding carboxylic acids is 2. The summed E-state index contributed by atoms with van der Waals surface area (Å²) in [6, 6.07) is 17.1. The molecule has 0 heterocycles. The summed E-state index contributed by atoms with van der Waals surface area (Å²) >= 11 is 1.57. The Balaban J connectivity index is 1.61. The van der Waals surface area contributed by atoms with Crippen molar-refractivity contribution in [2.75, 3.05) is 22.9 Å². The molecule has 0 aliphatic heterocycles. The molecule has 0 spiro atoms. The third-order valence-electron chi connectivity index (χ3n) is 4.18. The number of amides is 1. The van der Waals surface area contributed by atoms with Crippen LogP contribution in [-0.4, -0.2) is 33.2 Å². The molecular weight excluding hydrogens is 455 g/mol. The molecule has 0 aromatic heterocycles. The van der Waals surface area contributed by atoms with E-state index in [-0.39, 0.29) is 16.1 Å². The summed E-state index contributed by atoms with van der Waals surface area (Å²) < 4.78 is 45.4. The van der Waals surface area contributed by atoms with Crippen LogP contribution in [0.2, 0.25) is 0 Å². The van der Waals surface area contributed by atoms with Crippen LogP contribution >= 0.6 is 11.8 Å². The average Bonchev–Trinajstić information content (AvgIpc) is 2.79. The molecule has 1 amide bonds. The molecule has 0 radical (unpaired) electrons. The molecule has 32 heavy (non-hydrogen) atoms. The normalized spacial score (nSPS) is 10.9. The molecule has 0 fully saturated rings. The Morgan fingerprint density at radius 3 is 2.28 bits per heavy atom. The Bertz CT molecular complexity index is 1210. The summed E-state index contributed by atoms with van der Waals surface area (Å²) in [5.41, 5.74) is 0.689. The van der Waals surface area contributed by atoms with Gasteiger partial charge >= 0.3 is 5.97 Å². The van der Waals surface area contributed by atoms with Gasteiger partial charge in [0.2, 0.25) is 0 Å². The first-order valence-corrected chi connectivity index (χ1v) is 12.0. The zero-order valence-corrected chi connectivity index (χ0v) is 18.5. The summed E-state index contributed by atoms with van der Waals surface area (Å²) in [6.45, 7) is -0.534. The Morgan fingerprint density at radius 1 is 0.969 bits per heavy atom. The number of carbonyl (C=O) groups is 2. The third kappa shape index (κ3) is 6.32. The first-order chi connectivity index (χ1) is 15.3. The monoisotopic (exact) mass is 474 g/mol. The summed E-state index contributed by atoms with van der Waals surface area (Å²) in [5.74, 6) is -1.88. The largest absolute Gasteiger partial charge is 0.452 e. The van der Waals surface area contributed by atoms with Crippen molar-refractivity contribution in [3.63, 3.8) is 0 Å². The quantitative estimate of drug-likeness (QED) is 0.376. The van der Waals surface area contributed by atoms with Gasteiger partial charge in [-0.3, -0.25) is 9.52 Å². The molecule has 3 aromatic carbocycles. The van der Waals surface area contributed by atoms with Gasteiger partial charge in [0.1, 0.15) is 5.82 Å². The molecule has 3 aromatic rings. The van der Waals surface area contributed by atoms with Crippen LogP contribution in [0.25, 0.3) is 0 Å². The zero-order chi connectivity index (χ0) is 23.1. The van der Waals surface area contributed by atoms with E-state index in [1.807, 2.05) is 18.4 Å². The Kier molecular flexibility index (Phi) is 7.49. The van der Waals surface area contributed by atoms with E-state index in [0.717, 1.165) is 23.1 Å². The van der Waals surface area contributed by atoms with Gasteiger partial charge in [0.25, 0.3) is 15.9 Å². The van der Waals surface area contributed by atoms with Crippen LogP contribution in [0.4, 0.5) is 15.8 Å². The minimum absolute atomic E-state index is 0.0379. The average molecular weight is 475 g/mol. The molecule has 0 atom stereocenters. The Labute approximate surface area is 189 Å².